The van der Waals surface area contributed by atoms with Crippen LogP contribution in [0.4, 0.5) is 5.69 Å². The summed E-state index contributed by atoms with van der Waals surface area (Å²) in [5, 5.41) is 7.77. The van der Waals surface area contributed by atoms with Gasteiger partial charge in [-0.15, -0.1) is 0 Å². The SMILES string of the molecule is C=C(/C=C(\CNc1ccc(-c2ccc(P(c3ccccc3)c3ccccc3)cc2)cc1)c1ccc(-c2ccccc2)cc1)c1ccc(-c2ccccc2)cc1. The first-order valence-electron chi connectivity index (χ1n) is 18.7. The molecule has 8 aromatic rings. The van der Waals surface area contributed by atoms with E-state index < -0.39 is 7.92 Å². The summed E-state index contributed by atoms with van der Waals surface area (Å²) in [6.07, 6.45) is 2.22. The molecule has 55 heavy (non-hydrogen) atoms. The lowest BCUT2D eigenvalue weighted by Crippen LogP contribution is -2.20. The van der Waals surface area contributed by atoms with Crippen LogP contribution in [0.3, 0.4) is 0 Å². The Labute approximate surface area is 326 Å². The second kappa shape index (κ2) is 17.1. The summed E-state index contributed by atoms with van der Waals surface area (Å²) in [7, 11) is -0.631. The van der Waals surface area contributed by atoms with E-state index in [1.165, 1.54) is 54.9 Å². The van der Waals surface area contributed by atoms with Crippen LogP contribution in [0.15, 0.2) is 231 Å². The summed E-state index contributed by atoms with van der Waals surface area (Å²) in [5.41, 5.74) is 12.7. The Hall–Kier alpha value is -6.53. The van der Waals surface area contributed by atoms with Crippen molar-refractivity contribution in [2.24, 2.45) is 0 Å². The minimum atomic E-state index is -0.631. The fraction of sp³-hybridized carbons (Fsp3) is 0.0189. The molecule has 0 bridgehead atoms. The zero-order valence-electron chi connectivity index (χ0n) is 30.7. The first-order valence-corrected chi connectivity index (χ1v) is 20.1. The molecule has 0 unspecified atom stereocenters. The molecular formula is C53H42NP. The van der Waals surface area contributed by atoms with Crippen molar-refractivity contribution in [2.45, 2.75) is 0 Å². The predicted molar refractivity (Wildman–Crippen MR) is 240 cm³/mol. The Morgan fingerprint density at radius 2 is 0.727 bits per heavy atom. The summed E-state index contributed by atoms with van der Waals surface area (Å²) in [5.74, 6) is 0. The molecular weight excluding hydrogens is 682 g/mol. The van der Waals surface area contributed by atoms with Gasteiger partial charge in [-0.1, -0.05) is 213 Å². The lowest BCUT2D eigenvalue weighted by molar-refractivity contribution is 1.34. The van der Waals surface area contributed by atoms with Crippen LogP contribution in [0.1, 0.15) is 11.1 Å². The van der Waals surface area contributed by atoms with E-state index in [1.54, 1.807) is 0 Å². The first-order chi connectivity index (χ1) is 27.2. The monoisotopic (exact) mass is 723 g/mol. The average molecular weight is 724 g/mol. The van der Waals surface area contributed by atoms with Crippen molar-refractivity contribution in [1.82, 2.24) is 0 Å². The zero-order valence-corrected chi connectivity index (χ0v) is 31.6. The maximum atomic E-state index is 4.51. The molecule has 8 aromatic carbocycles. The molecule has 0 spiro atoms. The second-order valence-corrected chi connectivity index (χ2v) is 15.8. The molecule has 0 radical (unpaired) electrons. The molecule has 0 aliphatic heterocycles. The topological polar surface area (TPSA) is 12.0 Å². The zero-order chi connectivity index (χ0) is 37.2. The molecule has 0 aliphatic rings. The highest BCUT2D eigenvalue weighted by Crippen LogP contribution is 2.34. The Morgan fingerprint density at radius 1 is 0.382 bits per heavy atom. The minimum absolute atomic E-state index is 0.631. The molecule has 0 atom stereocenters. The molecule has 1 N–H and O–H groups in total. The molecule has 2 heteroatoms. The molecule has 0 saturated carbocycles. The van der Waals surface area contributed by atoms with E-state index in [1.807, 2.05) is 6.07 Å². The summed E-state index contributed by atoms with van der Waals surface area (Å²) in [6, 6.07) is 78.2. The standard InChI is InChI=1S/C53H42NP/c1-40(41-22-24-44(25-23-41)42-14-6-2-7-15-42)38-49(48-28-26-45(27-29-48)43-16-8-3-9-17-43)39-54-50-34-30-46(31-35-50)47-32-36-53(37-33-47)55(51-18-10-4-11-19-51)52-20-12-5-13-21-52/h2-38,54H,1,39H2/b49-38+. The number of hydrogen-bond acceptors (Lipinski definition) is 1. The van der Waals surface area contributed by atoms with Crippen LogP contribution < -0.4 is 21.2 Å². The van der Waals surface area contributed by atoms with E-state index in [4.69, 9.17) is 0 Å². The van der Waals surface area contributed by atoms with Crippen molar-refractivity contribution in [3.05, 3.63) is 242 Å². The van der Waals surface area contributed by atoms with E-state index in [-0.39, 0.29) is 0 Å². The fourth-order valence-electron chi connectivity index (χ4n) is 6.93. The Kier molecular flexibility index (Phi) is 11.0. The second-order valence-electron chi connectivity index (χ2n) is 13.6. The minimum Gasteiger partial charge on any atom is -0.381 e. The molecule has 0 fully saturated rings. The number of hydrogen-bond donors (Lipinski definition) is 1. The van der Waals surface area contributed by atoms with Gasteiger partial charge >= 0.3 is 0 Å². The highest BCUT2D eigenvalue weighted by molar-refractivity contribution is 7.79. The quantitative estimate of drug-likeness (QED) is 0.0977. The molecule has 264 valence electrons. The summed E-state index contributed by atoms with van der Waals surface area (Å²) >= 11 is 0. The van der Waals surface area contributed by atoms with Crippen LogP contribution >= 0.6 is 7.92 Å². The highest BCUT2D eigenvalue weighted by Gasteiger charge is 2.16. The lowest BCUT2D eigenvalue weighted by Gasteiger charge is -2.19. The van der Waals surface area contributed by atoms with Crippen LogP contribution in [0.5, 0.6) is 0 Å². The van der Waals surface area contributed by atoms with E-state index in [9.17, 15) is 0 Å². The fourth-order valence-corrected chi connectivity index (χ4v) is 9.21. The van der Waals surface area contributed by atoms with Crippen LogP contribution in [0, 0.1) is 0 Å². The average Bonchev–Trinajstić information content (AvgIpc) is 3.27. The molecule has 0 amide bonds. The van der Waals surface area contributed by atoms with E-state index >= 15 is 0 Å². The summed E-state index contributed by atoms with van der Waals surface area (Å²) in [6.45, 7) is 5.16. The third-order valence-electron chi connectivity index (χ3n) is 9.93. The van der Waals surface area contributed by atoms with Gasteiger partial charge in [0.2, 0.25) is 0 Å². The number of rotatable bonds is 12. The number of benzene rings is 8. The van der Waals surface area contributed by atoms with Crippen molar-refractivity contribution in [3.8, 4) is 33.4 Å². The van der Waals surface area contributed by atoms with Gasteiger partial charge in [0.15, 0.2) is 0 Å². The van der Waals surface area contributed by atoms with Gasteiger partial charge in [-0.25, -0.2) is 0 Å². The molecule has 0 aliphatic carbocycles. The Bertz CT molecular complexity index is 2430. The summed E-state index contributed by atoms with van der Waals surface area (Å²) < 4.78 is 0. The Balaban J connectivity index is 1.01. The maximum absolute atomic E-state index is 4.51. The van der Waals surface area contributed by atoms with E-state index in [0.29, 0.717) is 6.54 Å². The van der Waals surface area contributed by atoms with Gasteiger partial charge < -0.3 is 5.32 Å². The first kappa shape index (κ1) is 35.5. The van der Waals surface area contributed by atoms with Crippen LogP contribution in [0.25, 0.3) is 44.5 Å². The van der Waals surface area contributed by atoms with Gasteiger partial charge in [-0.05, 0) is 97.7 Å². The van der Waals surface area contributed by atoms with Gasteiger partial charge in [-0.2, -0.15) is 0 Å². The normalized spacial score (nSPS) is 11.3. The van der Waals surface area contributed by atoms with Gasteiger partial charge in [-0.3, -0.25) is 0 Å². The number of allylic oxidation sites excluding steroid dienone is 2. The van der Waals surface area contributed by atoms with Gasteiger partial charge in [0.1, 0.15) is 0 Å². The molecule has 0 saturated heterocycles. The van der Waals surface area contributed by atoms with Crippen LogP contribution in [-0.4, -0.2) is 6.54 Å². The van der Waals surface area contributed by atoms with Crippen LogP contribution in [-0.2, 0) is 0 Å². The van der Waals surface area contributed by atoms with Crippen molar-refractivity contribution in [2.75, 3.05) is 11.9 Å². The molecule has 1 nitrogen and oxygen atoms in total. The van der Waals surface area contributed by atoms with Crippen molar-refractivity contribution >= 4 is 40.7 Å². The predicted octanol–water partition coefficient (Wildman–Crippen LogP) is 12.7. The van der Waals surface area contributed by atoms with Crippen LogP contribution in [0.2, 0.25) is 0 Å². The number of nitrogens with one attached hydrogen (secondary N) is 1. The third-order valence-corrected chi connectivity index (χ3v) is 12.4. The third kappa shape index (κ3) is 8.66. The summed E-state index contributed by atoms with van der Waals surface area (Å²) in [4.78, 5) is 0. The van der Waals surface area contributed by atoms with Gasteiger partial charge in [0.25, 0.3) is 0 Å². The van der Waals surface area contributed by atoms with Gasteiger partial charge in [0, 0.05) is 12.2 Å². The van der Waals surface area contributed by atoms with Crippen molar-refractivity contribution in [1.29, 1.82) is 0 Å². The maximum Gasteiger partial charge on any atom is 0.0406 e. The van der Waals surface area contributed by atoms with Crippen molar-refractivity contribution < 1.29 is 0 Å². The highest BCUT2D eigenvalue weighted by atomic mass is 31.1. The van der Waals surface area contributed by atoms with E-state index in [2.05, 4.69) is 230 Å². The van der Waals surface area contributed by atoms with Gasteiger partial charge in [0.05, 0.1) is 0 Å². The lowest BCUT2D eigenvalue weighted by atomic mass is 9.96. The Morgan fingerprint density at radius 3 is 1.18 bits per heavy atom. The molecule has 8 rings (SSSR count). The molecule has 0 aromatic heterocycles. The smallest absolute Gasteiger partial charge is 0.0406 e. The van der Waals surface area contributed by atoms with E-state index in [0.717, 1.165) is 22.4 Å². The molecule has 0 heterocycles. The largest absolute Gasteiger partial charge is 0.381 e. The number of anilines is 1. The van der Waals surface area contributed by atoms with Crippen molar-refractivity contribution in [3.63, 3.8) is 0 Å².